The number of nitriles is 1. The summed E-state index contributed by atoms with van der Waals surface area (Å²) in [4.78, 5) is 21.2. The van der Waals surface area contributed by atoms with Crippen LogP contribution in [0.4, 0.5) is 0 Å². The van der Waals surface area contributed by atoms with E-state index < -0.39 is 0 Å². The van der Waals surface area contributed by atoms with E-state index in [1.54, 1.807) is 18.5 Å². The van der Waals surface area contributed by atoms with E-state index in [1.165, 1.54) is 0 Å². The van der Waals surface area contributed by atoms with Gasteiger partial charge in [-0.25, -0.2) is 0 Å². The summed E-state index contributed by atoms with van der Waals surface area (Å²) in [6.07, 6.45) is 5.18. The molecule has 0 radical (unpaired) electrons. The lowest BCUT2D eigenvalue weighted by Gasteiger charge is -2.36. The van der Waals surface area contributed by atoms with Gasteiger partial charge in [-0.05, 0) is 22.8 Å². The van der Waals surface area contributed by atoms with Gasteiger partial charge in [0.05, 0.1) is 6.07 Å². The standard InChI is InChI=1S/C26H24N4O/c27-19-25(23-12-7-13-28-20-23)29-14-16-30(17-15-29)26(31)18-24(21-8-3-1-4-9-21)22-10-5-2-6-11-22/h1-13,18,20,25H,14-17H2. The Bertz CT molecular complexity index is 1030. The molecule has 1 saturated heterocycles. The van der Waals surface area contributed by atoms with Crippen molar-refractivity contribution in [1.82, 2.24) is 14.8 Å². The van der Waals surface area contributed by atoms with E-state index in [9.17, 15) is 10.1 Å². The van der Waals surface area contributed by atoms with Crippen molar-refractivity contribution in [2.24, 2.45) is 0 Å². The molecule has 5 nitrogen and oxygen atoms in total. The van der Waals surface area contributed by atoms with Crippen molar-refractivity contribution in [3.63, 3.8) is 0 Å². The quantitative estimate of drug-likeness (QED) is 0.601. The third-order valence-electron chi connectivity index (χ3n) is 5.55. The average molecular weight is 409 g/mol. The maximum Gasteiger partial charge on any atom is 0.247 e. The van der Waals surface area contributed by atoms with E-state index in [0.29, 0.717) is 26.2 Å². The van der Waals surface area contributed by atoms with E-state index in [2.05, 4.69) is 16.0 Å². The molecule has 0 spiro atoms. The Labute approximate surface area is 182 Å². The number of pyridine rings is 1. The topological polar surface area (TPSA) is 60.2 Å². The minimum atomic E-state index is -0.342. The highest BCUT2D eigenvalue weighted by Gasteiger charge is 2.26. The first-order valence-corrected chi connectivity index (χ1v) is 10.4. The maximum atomic E-state index is 13.1. The lowest BCUT2D eigenvalue weighted by molar-refractivity contribution is -0.127. The summed E-state index contributed by atoms with van der Waals surface area (Å²) in [5.74, 6) is -0.00255. The van der Waals surface area contributed by atoms with Gasteiger partial charge in [0.1, 0.15) is 6.04 Å². The molecule has 1 amide bonds. The smallest absolute Gasteiger partial charge is 0.247 e. The first kappa shape index (κ1) is 20.5. The molecule has 5 heteroatoms. The van der Waals surface area contributed by atoms with Gasteiger partial charge >= 0.3 is 0 Å². The fourth-order valence-corrected chi connectivity index (χ4v) is 3.89. The molecular formula is C26H24N4O. The van der Waals surface area contributed by atoms with Crippen LogP contribution in [0.15, 0.2) is 91.3 Å². The van der Waals surface area contributed by atoms with Crippen LogP contribution in [0.25, 0.3) is 5.57 Å². The number of carbonyl (C=O) groups is 1. The number of rotatable bonds is 5. The number of aromatic nitrogens is 1. The molecule has 4 rings (SSSR count). The highest BCUT2D eigenvalue weighted by Crippen LogP contribution is 2.24. The second-order valence-corrected chi connectivity index (χ2v) is 7.47. The van der Waals surface area contributed by atoms with Crippen molar-refractivity contribution in [3.8, 4) is 6.07 Å². The number of piperazine rings is 1. The van der Waals surface area contributed by atoms with Crippen LogP contribution >= 0.6 is 0 Å². The number of carbonyl (C=O) groups excluding carboxylic acids is 1. The summed E-state index contributed by atoms with van der Waals surface area (Å²) in [6.45, 7) is 2.48. The first-order valence-electron chi connectivity index (χ1n) is 10.4. The molecule has 1 atom stereocenters. The number of hydrogen-bond donors (Lipinski definition) is 0. The lowest BCUT2D eigenvalue weighted by Crippen LogP contribution is -2.49. The van der Waals surface area contributed by atoms with Crippen LogP contribution in [0.2, 0.25) is 0 Å². The molecule has 2 heterocycles. The van der Waals surface area contributed by atoms with Crippen LogP contribution in [-0.2, 0) is 4.79 Å². The SMILES string of the molecule is N#CC(c1cccnc1)N1CCN(C(=O)C=C(c2ccccc2)c2ccccc2)CC1. The fraction of sp³-hybridized carbons (Fsp3) is 0.192. The van der Waals surface area contributed by atoms with E-state index in [-0.39, 0.29) is 11.9 Å². The van der Waals surface area contributed by atoms with Gasteiger partial charge < -0.3 is 4.90 Å². The molecule has 2 aromatic carbocycles. The molecule has 1 aliphatic rings. The van der Waals surface area contributed by atoms with Gasteiger partial charge in [0.15, 0.2) is 0 Å². The van der Waals surface area contributed by atoms with Crippen LogP contribution in [0.5, 0.6) is 0 Å². The van der Waals surface area contributed by atoms with E-state index in [1.807, 2.05) is 77.7 Å². The predicted octanol–water partition coefficient (Wildman–Crippen LogP) is 3.92. The van der Waals surface area contributed by atoms with Crippen molar-refractivity contribution < 1.29 is 4.79 Å². The van der Waals surface area contributed by atoms with Crippen LogP contribution in [0, 0.1) is 11.3 Å². The van der Waals surface area contributed by atoms with Gasteiger partial charge in [0, 0.05) is 50.2 Å². The van der Waals surface area contributed by atoms with Crippen LogP contribution in [-0.4, -0.2) is 46.9 Å². The zero-order chi connectivity index (χ0) is 21.5. The van der Waals surface area contributed by atoms with Gasteiger partial charge in [-0.15, -0.1) is 0 Å². The average Bonchev–Trinajstić information content (AvgIpc) is 2.85. The van der Waals surface area contributed by atoms with Crippen molar-refractivity contribution in [2.45, 2.75) is 6.04 Å². The van der Waals surface area contributed by atoms with Gasteiger partial charge in [-0.3, -0.25) is 14.7 Å². The predicted molar refractivity (Wildman–Crippen MR) is 121 cm³/mol. The molecule has 0 bridgehead atoms. The van der Waals surface area contributed by atoms with Gasteiger partial charge in [-0.2, -0.15) is 5.26 Å². The monoisotopic (exact) mass is 408 g/mol. The zero-order valence-corrected chi connectivity index (χ0v) is 17.3. The zero-order valence-electron chi connectivity index (χ0n) is 17.3. The van der Waals surface area contributed by atoms with E-state index in [4.69, 9.17) is 0 Å². The number of hydrogen-bond acceptors (Lipinski definition) is 4. The fourth-order valence-electron chi connectivity index (χ4n) is 3.89. The summed E-state index contributed by atoms with van der Waals surface area (Å²) in [7, 11) is 0. The van der Waals surface area contributed by atoms with Crippen LogP contribution in [0.3, 0.4) is 0 Å². The van der Waals surface area contributed by atoms with Gasteiger partial charge in [0.2, 0.25) is 5.91 Å². The number of amides is 1. The Morgan fingerprint density at radius 2 is 1.52 bits per heavy atom. The molecule has 1 fully saturated rings. The second-order valence-electron chi connectivity index (χ2n) is 7.47. The molecule has 31 heavy (non-hydrogen) atoms. The first-order chi connectivity index (χ1) is 15.3. The minimum absolute atomic E-state index is 0.00255. The third-order valence-corrected chi connectivity index (χ3v) is 5.55. The van der Waals surface area contributed by atoms with Crippen LogP contribution in [0.1, 0.15) is 22.7 Å². The lowest BCUT2D eigenvalue weighted by atomic mass is 9.97. The second kappa shape index (κ2) is 9.84. The Hall–Kier alpha value is -3.75. The molecule has 1 aliphatic heterocycles. The Morgan fingerprint density at radius 1 is 0.903 bits per heavy atom. The molecule has 0 N–H and O–H groups in total. The van der Waals surface area contributed by atoms with Crippen molar-refractivity contribution in [2.75, 3.05) is 26.2 Å². The van der Waals surface area contributed by atoms with E-state index in [0.717, 1.165) is 22.3 Å². The van der Waals surface area contributed by atoms with Crippen molar-refractivity contribution >= 4 is 11.5 Å². The maximum absolute atomic E-state index is 13.1. The highest BCUT2D eigenvalue weighted by atomic mass is 16.2. The van der Waals surface area contributed by atoms with Crippen molar-refractivity contribution in [3.05, 3.63) is 108 Å². The Kier molecular flexibility index (Phi) is 6.51. The molecular weight excluding hydrogens is 384 g/mol. The Balaban J connectivity index is 1.49. The normalized spacial score (nSPS) is 15.0. The molecule has 154 valence electrons. The van der Waals surface area contributed by atoms with Crippen LogP contribution < -0.4 is 0 Å². The van der Waals surface area contributed by atoms with E-state index >= 15 is 0 Å². The number of benzene rings is 2. The highest BCUT2D eigenvalue weighted by molar-refractivity contribution is 5.99. The summed E-state index contributed by atoms with van der Waals surface area (Å²) >= 11 is 0. The van der Waals surface area contributed by atoms with Gasteiger partial charge in [0.25, 0.3) is 0 Å². The largest absolute Gasteiger partial charge is 0.337 e. The van der Waals surface area contributed by atoms with Crippen molar-refractivity contribution in [1.29, 1.82) is 5.26 Å². The molecule has 0 saturated carbocycles. The molecule has 1 unspecified atom stereocenters. The molecule has 3 aromatic rings. The summed E-state index contributed by atoms with van der Waals surface area (Å²) in [5.41, 5.74) is 3.84. The summed E-state index contributed by atoms with van der Waals surface area (Å²) in [5, 5.41) is 9.67. The number of nitrogens with zero attached hydrogens (tertiary/aromatic N) is 4. The van der Waals surface area contributed by atoms with Gasteiger partial charge in [-0.1, -0.05) is 66.7 Å². The summed E-state index contributed by atoms with van der Waals surface area (Å²) in [6, 6.07) is 25.8. The molecule has 1 aromatic heterocycles. The third kappa shape index (κ3) is 4.88. The Morgan fingerprint density at radius 3 is 2.03 bits per heavy atom. The molecule has 0 aliphatic carbocycles. The summed E-state index contributed by atoms with van der Waals surface area (Å²) < 4.78 is 0. The minimum Gasteiger partial charge on any atom is -0.337 e.